The minimum absolute atomic E-state index is 0.0125. The first-order chi connectivity index (χ1) is 20.4. The van der Waals surface area contributed by atoms with Crippen molar-refractivity contribution in [2.45, 2.75) is 18.9 Å². The van der Waals surface area contributed by atoms with Crippen molar-refractivity contribution in [2.75, 3.05) is 30.9 Å². The molecule has 2 amide bonds. The molecule has 7 rings (SSSR count). The minimum Gasteiger partial charge on any atom is -0.453 e. The first kappa shape index (κ1) is 25.5. The lowest BCUT2D eigenvalue weighted by Crippen LogP contribution is -2.40. The van der Waals surface area contributed by atoms with Gasteiger partial charge in [-0.1, -0.05) is 6.58 Å². The molecule has 0 unspecified atom stereocenters. The lowest BCUT2D eigenvalue weighted by atomic mass is 10.1. The highest BCUT2D eigenvalue weighted by atomic mass is 19.1. The summed E-state index contributed by atoms with van der Waals surface area (Å²) in [6.07, 6.45) is 4.27. The first-order valence-corrected chi connectivity index (χ1v) is 13.2. The molecule has 1 saturated heterocycles. The van der Waals surface area contributed by atoms with Crippen molar-refractivity contribution in [3.8, 4) is 22.8 Å². The molecule has 2 aliphatic heterocycles. The maximum atomic E-state index is 13.6. The predicted octanol–water partition coefficient (Wildman–Crippen LogP) is 4.29. The number of amides is 2. The number of ether oxygens (including phenoxy) is 2. The van der Waals surface area contributed by atoms with Crippen molar-refractivity contribution in [2.24, 2.45) is 0 Å². The summed E-state index contributed by atoms with van der Waals surface area (Å²) in [5.74, 6) is -0.188. The van der Waals surface area contributed by atoms with E-state index in [0.29, 0.717) is 63.5 Å². The van der Waals surface area contributed by atoms with E-state index in [-0.39, 0.29) is 30.3 Å². The molecule has 2 aromatic carbocycles. The molecular weight excluding hydrogens is 545 g/mol. The minimum atomic E-state index is -0.541. The number of piperidine rings is 1. The number of furan rings is 1. The van der Waals surface area contributed by atoms with Crippen LogP contribution in [0.2, 0.25) is 0 Å². The summed E-state index contributed by atoms with van der Waals surface area (Å²) in [4.78, 5) is 35.8. The van der Waals surface area contributed by atoms with Crippen LogP contribution in [0.4, 0.5) is 15.9 Å². The van der Waals surface area contributed by atoms with E-state index in [9.17, 15) is 14.0 Å². The quantitative estimate of drug-likeness (QED) is 0.295. The van der Waals surface area contributed by atoms with E-state index >= 15 is 0 Å². The SMILES string of the molecule is C=CC(=O)N1CCC[C@@H](n2nc(-c3ccc(NC(=O)c4cc5cc(F)ccc5o4)c4c3OCO4)c3c(N)ncnc32)C1. The number of nitrogens with two attached hydrogens (primary N) is 1. The van der Waals surface area contributed by atoms with Crippen LogP contribution in [-0.2, 0) is 4.79 Å². The number of hydrogen-bond donors (Lipinski definition) is 2. The Balaban J connectivity index is 1.26. The van der Waals surface area contributed by atoms with Gasteiger partial charge in [0.2, 0.25) is 12.7 Å². The van der Waals surface area contributed by atoms with Crippen LogP contribution < -0.4 is 20.5 Å². The summed E-state index contributed by atoms with van der Waals surface area (Å²) in [6, 6.07) is 8.75. The lowest BCUT2D eigenvalue weighted by molar-refractivity contribution is -0.127. The molecule has 3 N–H and O–H groups in total. The largest absolute Gasteiger partial charge is 0.453 e. The van der Waals surface area contributed by atoms with Crippen LogP contribution in [-0.4, -0.2) is 56.3 Å². The van der Waals surface area contributed by atoms with E-state index in [1.54, 1.807) is 21.7 Å². The van der Waals surface area contributed by atoms with Gasteiger partial charge in [0.15, 0.2) is 22.9 Å². The zero-order valence-corrected chi connectivity index (χ0v) is 22.2. The Kier molecular flexibility index (Phi) is 5.99. The highest BCUT2D eigenvalue weighted by Gasteiger charge is 2.31. The average Bonchev–Trinajstić information content (AvgIpc) is 3.75. The van der Waals surface area contributed by atoms with Crippen LogP contribution in [0.5, 0.6) is 11.5 Å². The molecule has 3 aromatic heterocycles. The highest BCUT2D eigenvalue weighted by Crippen LogP contribution is 2.48. The fraction of sp³-hybridized carbons (Fsp3) is 0.207. The Labute approximate surface area is 237 Å². The molecule has 0 radical (unpaired) electrons. The van der Waals surface area contributed by atoms with Gasteiger partial charge in [-0.15, -0.1) is 0 Å². The van der Waals surface area contributed by atoms with E-state index in [0.717, 1.165) is 12.8 Å². The molecule has 1 atom stereocenters. The van der Waals surface area contributed by atoms with Crippen LogP contribution in [0.15, 0.2) is 59.8 Å². The summed E-state index contributed by atoms with van der Waals surface area (Å²) >= 11 is 0. The maximum absolute atomic E-state index is 13.6. The summed E-state index contributed by atoms with van der Waals surface area (Å²) in [6.45, 7) is 4.61. The van der Waals surface area contributed by atoms with Gasteiger partial charge in [0.1, 0.15) is 29.2 Å². The number of benzene rings is 2. The molecule has 0 saturated carbocycles. The number of fused-ring (bicyclic) bond motifs is 3. The van der Waals surface area contributed by atoms with Crippen LogP contribution in [0.3, 0.4) is 0 Å². The van der Waals surface area contributed by atoms with Crippen LogP contribution in [0, 0.1) is 5.82 Å². The number of likely N-dealkylation sites (tertiary alicyclic amines) is 1. The molecule has 212 valence electrons. The molecule has 13 heteroatoms. The molecular formula is C29H24FN7O5. The van der Waals surface area contributed by atoms with E-state index in [2.05, 4.69) is 21.9 Å². The number of halogens is 1. The standard InChI is InChI=1S/C29H24FN7O5/c1-2-22(38)36-9-3-4-17(12-36)37-28-23(27(31)32-13-33-28)24(35-37)18-6-7-19(26-25(18)40-14-41-26)34-29(39)21-11-15-10-16(30)5-8-20(15)42-21/h2,5-8,10-11,13,17H,1,3-4,9,12,14H2,(H,34,39)(H2,31,32,33)/t17-/m1/s1. The second-order valence-corrected chi connectivity index (χ2v) is 10.0. The Bertz CT molecular complexity index is 1920. The topological polar surface area (TPSA) is 151 Å². The van der Waals surface area contributed by atoms with Gasteiger partial charge in [-0.25, -0.2) is 19.0 Å². The second kappa shape index (κ2) is 9.87. The predicted molar refractivity (Wildman–Crippen MR) is 150 cm³/mol. The smallest absolute Gasteiger partial charge is 0.291 e. The van der Waals surface area contributed by atoms with Gasteiger partial charge in [-0.2, -0.15) is 5.10 Å². The third-order valence-corrected chi connectivity index (χ3v) is 7.47. The van der Waals surface area contributed by atoms with Crippen molar-refractivity contribution in [1.29, 1.82) is 0 Å². The summed E-state index contributed by atoms with van der Waals surface area (Å²) in [7, 11) is 0. The van der Waals surface area contributed by atoms with E-state index in [4.69, 9.17) is 24.7 Å². The summed E-state index contributed by atoms with van der Waals surface area (Å²) in [5.41, 5.74) is 8.65. The molecule has 0 bridgehead atoms. The van der Waals surface area contributed by atoms with Crippen LogP contribution in [0.1, 0.15) is 29.4 Å². The zero-order chi connectivity index (χ0) is 29.0. The van der Waals surface area contributed by atoms with Crippen molar-refractivity contribution in [1.82, 2.24) is 24.6 Å². The normalized spacial score (nSPS) is 16.2. The van der Waals surface area contributed by atoms with Gasteiger partial charge >= 0.3 is 0 Å². The van der Waals surface area contributed by atoms with Crippen LogP contribution >= 0.6 is 0 Å². The fourth-order valence-electron chi connectivity index (χ4n) is 5.51. The van der Waals surface area contributed by atoms with Gasteiger partial charge in [0.25, 0.3) is 5.91 Å². The summed E-state index contributed by atoms with van der Waals surface area (Å²) in [5, 5.41) is 8.71. The second-order valence-electron chi connectivity index (χ2n) is 10.0. The Morgan fingerprint density at radius 2 is 2.00 bits per heavy atom. The van der Waals surface area contributed by atoms with E-state index < -0.39 is 11.7 Å². The first-order valence-electron chi connectivity index (χ1n) is 13.2. The molecule has 2 aliphatic rings. The number of carbonyl (C=O) groups excluding carboxylic acids is 2. The third kappa shape index (κ3) is 4.17. The highest BCUT2D eigenvalue weighted by molar-refractivity contribution is 6.07. The van der Waals surface area contributed by atoms with E-state index in [1.807, 2.05) is 0 Å². The average molecular weight is 570 g/mol. The monoisotopic (exact) mass is 569 g/mol. The lowest BCUT2D eigenvalue weighted by Gasteiger charge is -2.32. The van der Waals surface area contributed by atoms with E-state index in [1.165, 1.54) is 36.7 Å². The van der Waals surface area contributed by atoms with Crippen molar-refractivity contribution >= 4 is 45.3 Å². The summed E-state index contributed by atoms with van der Waals surface area (Å²) < 4.78 is 32.6. The number of aromatic nitrogens is 4. The molecule has 42 heavy (non-hydrogen) atoms. The Morgan fingerprint density at radius 3 is 2.86 bits per heavy atom. The number of hydrogen-bond acceptors (Lipinski definition) is 9. The molecule has 12 nitrogen and oxygen atoms in total. The van der Waals surface area contributed by atoms with Gasteiger partial charge in [-0.3, -0.25) is 9.59 Å². The maximum Gasteiger partial charge on any atom is 0.291 e. The number of rotatable bonds is 5. The zero-order valence-electron chi connectivity index (χ0n) is 22.2. The van der Waals surface area contributed by atoms with Gasteiger partial charge in [-0.05, 0) is 55.3 Å². The number of anilines is 2. The number of nitrogens with zero attached hydrogens (tertiary/aromatic N) is 5. The van der Waals surface area contributed by atoms with Crippen molar-refractivity contribution in [3.63, 3.8) is 0 Å². The number of nitrogens with one attached hydrogen (secondary N) is 1. The Morgan fingerprint density at radius 1 is 1.14 bits per heavy atom. The van der Waals surface area contributed by atoms with Crippen molar-refractivity contribution < 1.29 is 27.9 Å². The van der Waals surface area contributed by atoms with Crippen LogP contribution in [0.25, 0.3) is 33.3 Å². The number of nitrogen functional groups attached to an aromatic ring is 1. The number of carbonyl (C=O) groups is 2. The van der Waals surface area contributed by atoms with Gasteiger partial charge in [0, 0.05) is 24.0 Å². The molecule has 1 fully saturated rings. The van der Waals surface area contributed by atoms with Gasteiger partial charge < -0.3 is 29.8 Å². The fourth-order valence-corrected chi connectivity index (χ4v) is 5.51. The molecule has 5 heterocycles. The molecule has 0 aliphatic carbocycles. The van der Waals surface area contributed by atoms with Gasteiger partial charge in [0.05, 0.1) is 17.1 Å². The van der Waals surface area contributed by atoms with Crippen molar-refractivity contribution in [3.05, 3.63) is 67.0 Å². The molecule has 5 aromatic rings. The Hall–Kier alpha value is -5.46. The third-order valence-electron chi connectivity index (χ3n) is 7.47. The molecule has 0 spiro atoms.